The minimum atomic E-state index is -4.21. The Hall–Kier alpha value is -1.04. The highest BCUT2D eigenvalue weighted by atomic mass is 19.4. The molecule has 1 aromatic heterocycles. The van der Waals surface area contributed by atoms with Gasteiger partial charge in [0.15, 0.2) is 0 Å². The van der Waals surface area contributed by atoms with E-state index in [9.17, 15) is 13.2 Å². The van der Waals surface area contributed by atoms with Crippen molar-refractivity contribution in [3.8, 4) is 0 Å². The van der Waals surface area contributed by atoms with Crippen molar-refractivity contribution in [1.29, 1.82) is 0 Å². The van der Waals surface area contributed by atoms with Crippen molar-refractivity contribution in [2.24, 2.45) is 5.73 Å². The lowest BCUT2D eigenvalue weighted by molar-refractivity contribution is -0.138. The van der Waals surface area contributed by atoms with Gasteiger partial charge in [0.25, 0.3) is 0 Å². The van der Waals surface area contributed by atoms with Crippen LogP contribution >= 0.6 is 0 Å². The minimum absolute atomic E-state index is 0.153. The van der Waals surface area contributed by atoms with Gasteiger partial charge in [-0.3, -0.25) is 0 Å². The van der Waals surface area contributed by atoms with Gasteiger partial charge in [-0.05, 0) is 6.92 Å². The third-order valence-electron chi connectivity index (χ3n) is 2.08. The van der Waals surface area contributed by atoms with Gasteiger partial charge < -0.3 is 10.3 Å². The van der Waals surface area contributed by atoms with Crippen LogP contribution in [0.5, 0.6) is 0 Å². The summed E-state index contributed by atoms with van der Waals surface area (Å²) in [5.74, 6) is 0.606. The van der Waals surface area contributed by atoms with Crippen LogP contribution in [0.25, 0.3) is 0 Å². The predicted octanol–water partition coefficient (Wildman–Crippen LogP) is 1.73. The summed E-state index contributed by atoms with van der Waals surface area (Å²) in [4.78, 5) is 3.97. The van der Waals surface area contributed by atoms with Crippen LogP contribution in [0.15, 0.2) is 12.4 Å². The fraction of sp³-hybridized carbons (Fsp3) is 0.667. The van der Waals surface area contributed by atoms with Crippen molar-refractivity contribution in [1.82, 2.24) is 9.55 Å². The van der Waals surface area contributed by atoms with E-state index in [1.165, 1.54) is 0 Å². The third-order valence-corrected chi connectivity index (χ3v) is 2.08. The van der Waals surface area contributed by atoms with E-state index in [1.54, 1.807) is 17.0 Å². The molecule has 1 atom stereocenters. The van der Waals surface area contributed by atoms with E-state index in [0.29, 0.717) is 12.4 Å². The first-order valence-electron chi connectivity index (χ1n) is 4.74. The summed E-state index contributed by atoms with van der Waals surface area (Å²) in [5, 5.41) is 0. The van der Waals surface area contributed by atoms with Crippen LogP contribution in [0, 0.1) is 0 Å². The molecule has 0 fully saturated rings. The Balaban J connectivity index is 2.55. The highest BCUT2D eigenvalue weighted by Gasteiger charge is 2.30. The lowest BCUT2D eigenvalue weighted by Gasteiger charge is -2.14. The molecule has 0 spiro atoms. The number of nitrogens with two attached hydrogens (primary N) is 1. The zero-order chi connectivity index (χ0) is 11.5. The van der Waals surface area contributed by atoms with Gasteiger partial charge in [0.1, 0.15) is 5.82 Å². The summed E-state index contributed by atoms with van der Waals surface area (Å²) in [5.41, 5.74) is 5.40. The molecule has 1 rings (SSSR count). The molecule has 86 valence electrons. The van der Waals surface area contributed by atoms with Crippen molar-refractivity contribution in [2.45, 2.75) is 38.5 Å². The van der Waals surface area contributed by atoms with Gasteiger partial charge >= 0.3 is 6.18 Å². The average molecular weight is 221 g/mol. The zero-order valence-corrected chi connectivity index (χ0v) is 8.46. The molecule has 0 amide bonds. The molecule has 1 aromatic rings. The second kappa shape index (κ2) is 4.65. The van der Waals surface area contributed by atoms with Crippen molar-refractivity contribution in [2.75, 3.05) is 0 Å². The molecule has 1 unspecified atom stereocenters. The highest BCUT2D eigenvalue weighted by Crippen LogP contribution is 2.21. The minimum Gasteiger partial charge on any atom is -0.335 e. The van der Waals surface area contributed by atoms with Crippen LogP contribution in [0.3, 0.4) is 0 Å². The summed E-state index contributed by atoms with van der Waals surface area (Å²) >= 11 is 0. The van der Waals surface area contributed by atoms with E-state index >= 15 is 0 Å². The van der Waals surface area contributed by atoms with Crippen molar-refractivity contribution >= 4 is 0 Å². The van der Waals surface area contributed by atoms with Gasteiger partial charge in [0.05, 0.1) is 6.42 Å². The van der Waals surface area contributed by atoms with E-state index in [2.05, 4.69) is 4.98 Å². The standard InChI is InChI=1S/C9H14F3N3/c1-2-15-4-3-14-8(15)5-7(13)6-9(10,11)12/h3-4,7H,2,5-6,13H2,1H3. The summed E-state index contributed by atoms with van der Waals surface area (Å²) in [6.45, 7) is 2.59. The molecular formula is C9H14F3N3. The zero-order valence-electron chi connectivity index (χ0n) is 8.46. The summed E-state index contributed by atoms with van der Waals surface area (Å²) in [6.07, 6.45) is -1.72. The largest absolute Gasteiger partial charge is 0.390 e. The predicted molar refractivity (Wildman–Crippen MR) is 50.3 cm³/mol. The maximum Gasteiger partial charge on any atom is 0.390 e. The van der Waals surface area contributed by atoms with Crippen molar-refractivity contribution < 1.29 is 13.2 Å². The normalized spacial score (nSPS) is 14.2. The molecule has 0 saturated heterocycles. The van der Waals surface area contributed by atoms with Crippen LogP contribution in [-0.2, 0) is 13.0 Å². The Morgan fingerprint density at radius 3 is 2.73 bits per heavy atom. The maximum absolute atomic E-state index is 12.0. The molecule has 0 aliphatic carbocycles. The Kier molecular flexibility index (Phi) is 3.73. The molecule has 2 N–H and O–H groups in total. The fourth-order valence-corrected chi connectivity index (χ4v) is 1.42. The molecule has 0 bridgehead atoms. The topological polar surface area (TPSA) is 43.8 Å². The molecular weight excluding hydrogens is 207 g/mol. The smallest absolute Gasteiger partial charge is 0.335 e. The number of aromatic nitrogens is 2. The third kappa shape index (κ3) is 3.91. The molecule has 0 radical (unpaired) electrons. The molecule has 0 aromatic carbocycles. The molecule has 0 saturated carbocycles. The van der Waals surface area contributed by atoms with E-state index in [1.807, 2.05) is 6.92 Å². The number of alkyl halides is 3. The lowest BCUT2D eigenvalue weighted by atomic mass is 10.1. The van der Waals surface area contributed by atoms with Gasteiger partial charge in [-0.15, -0.1) is 0 Å². The number of imidazole rings is 1. The Morgan fingerprint density at radius 2 is 2.20 bits per heavy atom. The van der Waals surface area contributed by atoms with E-state index in [0.717, 1.165) is 0 Å². The molecule has 15 heavy (non-hydrogen) atoms. The summed E-state index contributed by atoms with van der Waals surface area (Å²) in [7, 11) is 0. The van der Waals surface area contributed by atoms with Crippen LogP contribution in [0.4, 0.5) is 13.2 Å². The van der Waals surface area contributed by atoms with Crippen LogP contribution in [0.2, 0.25) is 0 Å². The highest BCUT2D eigenvalue weighted by molar-refractivity contribution is 4.95. The number of aryl methyl sites for hydroxylation is 1. The summed E-state index contributed by atoms with van der Waals surface area (Å²) < 4.78 is 37.8. The van der Waals surface area contributed by atoms with Crippen LogP contribution in [0.1, 0.15) is 19.2 Å². The molecule has 1 heterocycles. The van der Waals surface area contributed by atoms with Crippen molar-refractivity contribution in [3.05, 3.63) is 18.2 Å². The number of hydrogen-bond donors (Lipinski definition) is 1. The van der Waals surface area contributed by atoms with E-state index < -0.39 is 18.6 Å². The van der Waals surface area contributed by atoms with Gasteiger partial charge in [-0.25, -0.2) is 4.98 Å². The first-order valence-corrected chi connectivity index (χ1v) is 4.74. The van der Waals surface area contributed by atoms with Gasteiger partial charge in [0.2, 0.25) is 0 Å². The Bertz CT molecular complexity index is 306. The molecule has 6 heteroatoms. The first-order chi connectivity index (χ1) is 6.92. The van der Waals surface area contributed by atoms with E-state index in [4.69, 9.17) is 5.73 Å². The molecule has 3 nitrogen and oxygen atoms in total. The molecule has 0 aliphatic rings. The Morgan fingerprint density at radius 1 is 1.53 bits per heavy atom. The average Bonchev–Trinajstić information content (AvgIpc) is 2.48. The molecule has 0 aliphatic heterocycles. The van der Waals surface area contributed by atoms with Gasteiger partial charge in [-0.2, -0.15) is 13.2 Å². The monoisotopic (exact) mass is 221 g/mol. The van der Waals surface area contributed by atoms with E-state index in [-0.39, 0.29) is 6.42 Å². The first kappa shape index (κ1) is 12.0. The van der Waals surface area contributed by atoms with Crippen LogP contribution in [-0.4, -0.2) is 21.8 Å². The van der Waals surface area contributed by atoms with Gasteiger partial charge in [0, 0.05) is 31.4 Å². The lowest BCUT2D eigenvalue weighted by Crippen LogP contribution is -2.30. The fourth-order valence-electron chi connectivity index (χ4n) is 1.42. The quantitative estimate of drug-likeness (QED) is 0.841. The SMILES string of the molecule is CCn1ccnc1CC(N)CC(F)(F)F. The van der Waals surface area contributed by atoms with Gasteiger partial charge in [-0.1, -0.05) is 0 Å². The second-order valence-corrected chi connectivity index (χ2v) is 3.41. The summed E-state index contributed by atoms with van der Waals surface area (Å²) in [6, 6.07) is -0.919. The number of hydrogen-bond acceptors (Lipinski definition) is 2. The van der Waals surface area contributed by atoms with Crippen LogP contribution < -0.4 is 5.73 Å². The number of halogens is 3. The second-order valence-electron chi connectivity index (χ2n) is 3.41. The number of rotatable bonds is 4. The number of nitrogens with zero attached hydrogens (tertiary/aromatic N) is 2. The van der Waals surface area contributed by atoms with Crippen molar-refractivity contribution in [3.63, 3.8) is 0 Å². The maximum atomic E-state index is 12.0. The Labute approximate surface area is 86.1 Å².